The number of hydrogen-bond donors (Lipinski definition) is 1. The zero-order valence-electron chi connectivity index (χ0n) is 10.5. The molecule has 0 fully saturated rings. The Hall–Kier alpha value is -1.62. The molecule has 2 rings (SSSR count). The molecular weight excluding hydrogens is 311 g/mol. The van der Waals surface area contributed by atoms with Crippen molar-refractivity contribution in [2.24, 2.45) is 0 Å². The third-order valence-corrected chi connectivity index (χ3v) is 2.96. The Morgan fingerprint density at radius 2 is 2.16 bits per heavy atom. The minimum Gasteiger partial charge on any atom is -0.492 e. The molecule has 5 heteroatoms. The number of pyridine rings is 1. The molecule has 0 spiro atoms. The van der Waals surface area contributed by atoms with Crippen LogP contribution in [0.3, 0.4) is 0 Å². The maximum absolute atomic E-state index is 13.2. The summed E-state index contributed by atoms with van der Waals surface area (Å²) in [5, 5.41) is 3.19. The van der Waals surface area contributed by atoms with Gasteiger partial charge in [0.25, 0.3) is 0 Å². The van der Waals surface area contributed by atoms with E-state index >= 15 is 0 Å². The van der Waals surface area contributed by atoms with Crippen LogP contribution < -0.4 is 10.1 Å². The molecule has 2 aromatic rings. The quantitative estimate of drug-likeness (QED) is 0.902. The molecule has 1 aromatic heterocycles. The van der Waals surface area contributed by atoms with E-state index in [0.717, 1.165) is 15.9 Å². The fourth-order valence-electron chi connectivity index (χ4n) is 1.61. The molecule has 0 amide bonds. The van der Waals surface area contributed by atoms with Gasteiger partial charge in [-0.25, -0.2) is 4.39 Å². The largest absolute Gasteiger partial charge is 0.492 e. The molecule has 0 saturated carbocycles. The summed E-state index contributed by atoms with van der Waals surface area (Å²) in [6.45, 7) is 2.92. The Morgan fingerprint density at radius 1 is 1.32 bits per heavy atom. The van der Waals surface area contributed by atoms with Gasteiger partial charge in [-0.15, -0.1) is 0 Å². The Morgan fingerprint density at radius 3 is 2.84 bits per heavy atom. The van der Waals surface area contributed by atoms with Crippen molar-refractivity contribution in [3.05, 3.63) is 52.5 Å². The predicted molar refractivity (Wildman–Crippen MR) is 76.8 cm³/mol. The molecule has 1 heterocycles. The molecule has 1 aromatic carbocycles. The van der Waals surface area contributed by atoms with E-state index in [0.29, 0.717) is 18.9 Å². The van der Waals surface area contributed by atoms with E-state index in [1.54, 1.807) is 12.3 Å². The van der Waals surface area contributed by atoms with Crippen molar-refractivity contribution in [2.75, 3.05) is 11.9 Å². The highest BCUT2D eigenvalue weighted by molar-refractivity contribution is 9.10. The van der Waals surface area contributed by atoms with Gasteiger partial charge in [0, 0.05) is 16.7 Å². The molecule has 3 nitrogen and oxygen atoms in total. The van der Waals surface area contributed by atoms with Crippen LogP contribution >= 0.6 is 15.9 Å². The molecule has 0 radical (unpaired) electrons. The summed E-state index contributed by atoms with van der Waals surface area (Å²) in [6, 6.07) is 8.29. The summed E-state index contributed by atoms with van der Waals surface area (Å²) in [6.07, 6.45) is 1.74. The lowest BCUT2D eigenvalue weighted by Crippen LogP contribution is -2.04. The first-order valence-corrected chi connectivity index (χ1v) is 6.75. The van der Waals surface area contributed by atoms with Gasteiger partial charge >= 0.3 is 0 Å². The first-order chi connectivity index (χ1) is 9.19. The van der Waals surface area contributed by atoms with Gasteiger partial charge in [-0.05, 0) is 47.1 Å². The number of nitrogens with zero attached hydrogens (tertiary/aromatic N) is 1. The van der Waals surface area contributed by atoms with Crippen LogP contribution in [-0.4, -0.2) is 11.6 Å². The highest BCUT2D eigenvalue weighted by Crippen LogP contribution is 2.25. The average Bonchev–Trinajstić information content (AvgIpc) is 2.40. The van der Waals surface area contributed by atoms with Gasteiger partial charge in [0.2, 0.25) is 0 Å². The predicted octanol–water partition coefficient (Wildman–Crippen LogP) is 3.99. The number of rotatable bonds is 5. The number of benzene rings is 1. The molecule has 0 saturated heterocycles. The third kappa shape index (κ3) is 3.92. The van der Waals surface area contributed by atoms with Crippen molar-refractivity contribution in [1.29, 1.82) is 0 Å². The van der Waals surface area contributed by atoms with E-state index in [1.807, 2.05) is 19.1 Å². The number of anilines is 1. The highest BCUT2D eigenvalue weighted by atomic mass is 79.9. The van der Waals surface area contributed by atoms with Gasteiger partial charge in [0.05, 0.1) is 24.5 Å². The lowest BCUT2D eigenvalue weighted by molar-refractivity contribution is 0.339. The monoisotopic (exact) mass is 324 g/mol. The number of aromatic nitrogens is 1. The van der Waals surface area contributed by atoms with Crippen LogP contribution in [0.15, 0.2) is 41.0 Å². The summed E-state index contributed by atoms with van der Waals surface area (Å²) < 4.78 is 19.5. The smallest absolute Gasteiger partial charge is 0.145 e. The Bertz CT molecular complexity index is 546. The maximum Gasteiger partial charge on any atom is 0.145 e. The van der Waals surface area contributed by atoms with Gasteiger partial charge in [0.15, 0.2) is 0 Å². The van der Waals surface area contributed by atoms with Crippen molar-refractivity contribution in [3.8, 4) is 5.75 Å². The van der Waals surface area contributed by atoms with Gasteiger partial charge < -0.3 is 10.1 Å². The van der Waals surface area contributed by atoms with Crippen LogP contribution in [0.25, 0.3) is 0 Å². The SMILES string of the molecule is CCOc1cc(F)ccc1NCc1ccc(Br)cn1. The number of halogens is 2. The Balaban J connectivity index is 2.08. The summed E-state index contributed by atoms with van der Waals surface area (Å²) in [5.41, 5.74) is 1.66. The second kappa shape index (κ2) is 6.52. The van der Waals surface area contributed by atoms with E-state index in [-0.39, 0.29) is 5.82 Å². The normalized spacial score (nSPS) is 10.3. The number of nitrogens with one attached hydrogen (secondary N) is 1. The van der Waals surface area contributed by atoms with Crippen LogP contribution in [0.5, 0.6) is 5.75 Å². The van der Waals surface area contributed by atoms with Crippen LogP contribution in [0.1, 0.15) is 12.6 Å². The average molecular weight is 325 g/mol. The van der Waals surface area contributed by atoms with Gasteiger partial charge in [0.1, 0.15) is 11.6 Å². The Kier molecular flexibility index (Phi) is 4.74. The fraction of sp³-hybridized carbons (Fsp3) is 0.214. The molecular formula is C14H14BrFN2O. The van der Waals surface area contributed by atoms with Crippen LogP contribution in [0.2, 0.25) is 0 Å². The zero-order chi connectivity index (χ0) is 13.7. The van der Waals surface area contributed by atoms with Gasteiger partial charge in [-0.2, -0.15) is 0 Å². The minimum absolute atomic E-state index is 0.309. The van der Waals surface area contributed by atoms with E-state index in [9.17, 15) is 4.39 Å². The molecule has 0 aliphatic rings. The summed E-state index contributed by atoms with van der Waals surface area (Å²) in [5.74, 6) is 0.204. The van der Waals surface area contributed by atoms with Crippen LogP contribution in [-0.2, 0) is 6.54 Å². The van der Waals surface area contributed by atoms with E-state index in [4.69, 9.17) is 4.74 Å². The first-order valence-electron chi connectivity index (χ1n) is 5.95. The second-order valence-corrected chi connectivity index (χ2v) is 4.81. The van der Waals surface area contributed by atoms with E-state index in [1.165, 1.54) is 12.1 Å². The fourth-order valence-corrected chi connectivity index (χ4v) is 1.85. The first kappa shape index (κ1) is 13.8. The number of hydrogen-bond acceptors (Lipinski definition) is 3. The number of ether oxygens (including phenoxy) is 1. The highest BCUT2D eigenvalue weighted by Gasteiger charge is 2.05. The molecule has 0 aliphatic carbocycles. The van der Waals surface area contributed by atoms with Crippen molar-refractivity contribution < 1.29 is 9.13 Å². The summed E-state index contributed by atoms with van der Waals surface area (Å²) in [7, 11) is 0. The van der Waals surface area contributed by atoms with Crippen molar-refractivity contribution in [2.45, 2.75) is 13.5 Å². The minimum atomic E-state index is -0.309. The summed E-state index contributed by atoms with van der Waals surface area (Å²) >= 11 is 3.34. The standard InChI is InChI=1S/C14H14BrFN2O/c1-2-19-14-7-11(16)4-6-13(14)18-9-12-5-3-10(15)8-17-12/h3-8,18H,2,9H2,1H3. The molecule has 0 unspecified atom stereocenters. The second-order valence-electron chi connectivity index (χ2n) is 3.89. The summed E-state index contributed by atoms with van der Waals surface area (Å²) in [4.78, 5) is 4.26. The Labute approximate surface area is 119 Å². The lowest BCUT2D eigenvalue weighted by Gasteiger charge is -2.12. The van der Waals surface area contributed by atoms with Crippen molar-refractivity contribution >= 4 is 21.6 Å². The van der Waals surface area contributed by atoms with E-state index in [2.05, 4.69) is 26.2 Å². The third-order valence-electron chi connectivity index (χ3n) is 2.49. The van der Waals surface area contributed by atoms with Gasteiger partial charge in [-0.3, -0.25) is 4.98 Å². The van der Waals surface area contributed by atoms with Crippen LogP contribution in [0.4, 0.5) is 10.1 Å². The van der Waals surface area contributed by atoms with Gasteiger partial charge in [-0.1, -0.05) is 0 Å². The zero-order valence-corrected chi connectivity index (χ0v) is 12.1. The molecule has 0 atom stereocenters. The van der Waals surface area contributed by atoms with Crippen LogP contribution in [0, 0.1) is 5.82 Å². The topological polar surface area (TPSA) is 34.1 Å². The molecule has 100 valence electrons. The molecule has 0 bridgehead atoms. The van der Waals surface area contributed by atoms with E-state index < -0.39 is 0 Å². The lowest BCUT2D eigenvalue weighted by atomic mass is 10.2. The van der Waals surface area contributed by atoms with Crippen molar-refractivity contribution in [1.82, 2.24) is 4.98 Å². The molecule has 0 aliphatic heterocycles. The molecule has 1 N–H and O–H groups in total. The molecule has 19 heavy (non-hydrogen) atoms. The maximum atomic E-state index is 13.2. The van der Waals surface area contributed by atoms with Crippen molar-refractivity contribution in [3.63, 3.8) is 0 Å².